The molecule has 0 radical (unpaired) electrons. The van der Waals surface area contributed by atoms with E-state index < -0.39 is 5.97 Å². The summed E-state index contributed by atoms with van der Waals surface area (Å²) in [5, 5.41) is 9.26. The quantitative estimate of drug-likeness (QED) is 0.894. The van der Waals surface area contributed by atoms with Crippen molar-refractivity contribution in [3.8, 4) is 0 Å². The van der Waals surface area contributed by atoms with E-state index in [1.807, 2.05) is 18.2 Å². The van der Waals surface area contributed by atoms with Gasteiger partial charge in [0.05, 0.1) is 11.3 Å². The van der Waals surface area contributed by atoms with Gasteiger partial charge >= 0.3 is 5.97 Å². The molecule has 0 fully saturated rings. The second-order valence-corrected chi connectivity index (χ2v) is 4.76. The summed E-state index contributed by atoms with van der Waals surface area (Å²) in [7, 11) is 0. The number of hydrogen-bond donors (Lipinski definition) is 1. The molecular formula is C16H15NO2. The molecule has 0 aromatic heterocycles. The molecule has 0 aliphatic carbocycles. The molecule has 0 bridgehead atoms. The Kier molecular flexibility index (Phi) is 2.95. The third-order valence-electron chi connectivity index (χ3n) is 3.61. The molecule has 0 spiro atoms. The fourth-order valence-electron chi connectivity index (χ4n) is 2.63. The fraction of sp³-hybridized carbons (Fsp3) is 0.188. The highest BCUT2D eigenvalue weighted by Gasteiger charge is 2.20. The molecule has 0 saturated heterocycles. The maximum atomic E-state index is 11.3. The predicted molar refractivity (Wildman–Crippen MR) is 74.6 cm³/mol. The van der Waals surface area contributed by atoms with Crippen LogP contribution in [-0.2, 0) is 13.0 Å². The first-order valence-corrected chi connectivity index (χ1v) is 6.40. The molecule has 0 amide bonds. The van der Waals surface area contributed by atoms with E-state index in [0.717, 1.165) is 25.2 Å². The van der Waals surface area contributed by atoms with Gasteiger partial charge in [-0.25, -0.2) is 4.79 Å². The van der Waals surface area contributed by atoms with E-state index >= 15 is 0 Å². The van der Waals surface area contributed by atoms with Crippen molar-refractivity contribution < 1.29 is 9.90 Å². The van der Waals surface area contributed by atoms with Gasteiger partial charge in [0.2, 0.25) is 0 Å². The molecule has 1 heterocycles. The Morgan fingerprint density at radius 2 is 1.68 bits per heavy atom. The smallest absolute Gasteiger partial charge is 0.337 e. The summed E-state index contributed by atoms with van der Waals surface area (Å²) in [4.78, 5) is 13.4. The zero-order valence-corrected chi connectivity index (χ0v) is 10.5. The van der Waals surface area contributed by atoms with Gasteiger partial charge in [-0.15, -0.1) is 0 Å². The number of carboxylic acids is 1. The van der Waals surface area contributed by atoms with Crippen molar-refractivity contribution in [2.45, 2.75) is 13.0 Å². The maximum absolute atomic E-state index is 11.3. The summed E-state index contributed by atoms with van der Waals surface area (Å²) in [6.45, 7) is 1.64. The van der Waals surface area contributed by atoms with Crippen LogP contribution in [0.3, 0.4) is 0 Å². The highest BCUT2D eigenvalue weighted by Crippen LogP contribution is 2.27. The van der Waals surface area contributed by atoms with Crippen LogP contribution in [0.1, 0.15) is 21.5 Å². The second-order valence-electron chi connectivity index (χ2n) is 4.76. The van der Waals surface area contributed by atoms with E-state index in [1.165, 1.54) is 11.1 Å². The Morgan fingerprint density at radius 1 is 1.00 bits per heavy atom. The number of benzene rings is 2. The number of anilines is 1. The summed E-state index contributed by atoms with van der Waals surface area (Å²) in [5.41, 5.74) is 3.84. The lowest BCUT2D eigenvalue weighted by Crippen LogP contribution is -2.31. The lowest BCUT2D eigenvalue weighted by atomic mass is 9.99. The molecular weight excluding hydrogens is 238 g/mol. The van der Waals surface area contributed by atoms with E-state index in [4.69, 9.17) is 0 Å². The molecule has 2 aromatic carbocycles. The first kappa shape index (κ1) is 11.8. The minimum absolute atomic E-state index is 0.377. The van der Waals surface area contributed by atoms with Gasteiger partial charge in [-0.05, 0) is 29.7 Å². The number of carboxylic acid groups (broad SMARTS) is 1. The van der Waals surface area contributed by atoms with E-state index in [-0.39, 0.29) is 0 Å². The average Bonchev–Trinajstić information content (AvgIpc) is 2.46. The highest BCUT2D eigenvalue weighted by molar-refractivity contribution is 5.94. The molecule has 0 unspecified atom stereocenters. The van der Waals surface area contributed by atoms with Gasteiger partial charge in [0.15, 0.2) is 0 Å². The zero-order valence-electron chi connectivity index (χ0n) is 10.5. The number of rotatable bonds is 2. The summed E-state index contributed by atoms with van der Waals surface area (Å²) >= 11 is 0. The standard InChI is InChI=1S/C16H15NO2/c18-16(19)14-7-3-4-8-15(14)17-10-9-12-5-1-2-6-13(12)11-17/h1-8H,9-11H2,(H,18,19). The highest BCUT2D eigenvalue weighted by atomic mass is 16.4. The Morgan fingerprint density at radius 3 is 2.47 bits per heavy atom. The Balaban J connectivity index is 1.95. The topological polar surface area (TPSA) is 40.5 Å². The molecule has 1 aliphatic heterocycles. The number of aromatic carboxylic acids is 1. The summed E-state index contributed by atoms with van der Waals surface area (Å²) in [6, 6.07) is 15.6. The third kappa shape index (κ3) is 2.19. The molecule has 3 heteroatoms. The number of hydrogen-bond acceptors (Lipinski definition) is 2. The first-order valence-electron chi connectivity index (χ1n) is 6.40. The van der Waals surface area contributed by atoms with Gasteiger partial charge in [0.1, 0.15) is 0 Å². The minimum atomic E-state index is -0.866. The van der Waals surface area contributed by atoms with Crippen LogP contribution in [0.4, 0.5) is 5.69 Å². The van der Waals surface area contributed by atoms with Crippen molar-refractivity contribution in [3.63, 3.8) is 0 Å². The number of fused-ring (bicyclic) bond motifs is 1. The monoisotopic (exact) mass is 253 g/mol. The Bertz CT molecular complexity index is 622. The molecule has 19 heavy (non-hydrogen) atoms. The molecule has 0 saturated carbocycles. The second kappa shape index (κ2) is 4.76. The average molecular weight is 253 g/mol. The van der Waals surface area contributed by atoms with Crippen LogP contribution >= 0.6 is 0 Å². The molecule has 2 aromatic rings. The van der Waals surface area contributed by atoms with Crippen molar-refractivity contribution >= 4 is 11.7 Å². The lowest BCUT2D eigenvalue weighted by molar-refractivity contribution is 0.0697. The predicted octanol–water partition coefficient (Wildman–Crippen LogP) is 2.95. The van der Waals surface area contributed by atoms with Crippen molar-refractivity contribution in [3.05, 3.63) is 65.2 Å². The normalized spacial score (nSPS) is 14.0. The fourth-order valence-corrected chi connectivity index (χ4v) is 2.63. The van der Waals surface area contributed by atoms with E-state index in [9.17, 15) is 9.90 Å². The van der Waals surface area contributed by atoms with E-state index in [1.54, 1.807) is 12.1 Å². The van der Waals surface area contributed by atoms with Crippen LogP contribution in [0.5, 0.6) is 0 Å². The largest absolute Gasteiger partial charge is 0.478 e. The van der Waals surface area contributed by atoms with Gasteiger partial charge in [0, 0.05) is 13.1 Å². The molecule has 1 aliphatic rings. The van der Waals surface area contributed by atoms with Gasteiger partial charge in [-0.3, -0.25) is 0 Å². The molecule has 3 rings (SSSR count). The van der Waals surface area contributed by atoms with Crippen LogP contribution in [0.15, 0.2) is 48.5 Å². The van der Waals surface area contributed by atoms with Gasteiger partial charge < -0.3 is 10.0 Å². The van der Waals surface area contributed by atoms with Crippen LogP contribution in [0.25, 0.3) is 0 Å². The first-order chi connectivity index (χ1) is 9.25. The van der Waals surface area contributed by atoms with Gasteiger partial charge in [-0.2, -0.15) is 0 Å². The van der Waals surface area contributed by atoms with E-state index in [0.29, 0.717) is 5.56 Å². The minimum Gasteiger partial charge on any atom is -0.478 e. The molecule has 3 nitrogen and oxygen atoms in total. The summed E-state index contributed by atoms with van der Waals surface area (Å²) in [5.74, 6) is -0.866. The van der Waals surface area contributed by atoms with Gasteiger partial charge in [-0.1, -0.05) is 36.4 Å². The SMILES string of the molecule is O=C(O)c1ccccc1N1CCc2ccccc2C1. The van der Waals surface area contributed by atoms with Crippen LogP contribution < -0.4 is 4.90 Å². The lowest BCUT2D eigenvalue weighted by Gasteiger charge is -2.31. The van der Waals surface area contributed by atoms with E-state index in [2.05, 4.69) is 23.1 Å². The summed E-state index contributed by atoms with van der Waals surface area (Å²) in [6.07, 6.45) is 0.962. The van der Waals surface area contributed by atoms with Crippen LogP contribution in [0, 0.1) is 0 Å². The Labute approximate surface area is 112 Å². The Hall–Kier alpha value is -2.29. The van der Waals surface area contributed by atoms with Crippen molar-refractivity contribution in [1.29, 1.82) is 0 Å². The number of nitrogens with zero attached hydrogens (tertiary/aromatic N) is 1. The van der Waals surface area contributed by atoms with Crippen molar-refractivity contribution in [2.75, 3.05) is 11.4 Å². The van der Waals surface area contributed by atoms with Crippen LogP contribution in [-0.4, -0.2) is 17.6 Å². The maximum Gasteiger partial charge on any atom is 0.337 e. The zero-order chi connectivity index (χ0) is 13.2. The number of carbonyl (C=O) groups is 1. The number of para-hydroxylation sites is 1. The van der Waals surface area contributed by atoms with Crippen molar-refractivity contribution in [1.82, 2.24) is 0 Å². The van der Waals surface area contributed by atoms with Crippen molar-refractivity contribution in [2.24, 2.45) is 0 Å². The third-order valence-corrected chi connectivity index (χ3v) is 3.61. The summed E-state index contributed by atoms with van der Waals surface area (Å²) < 4.78 is 0. The van der Waals surface area contributed by atoms with Gasteiger partial charge in [0.25, 0.3) is 0 Å². The van der Waals surface area contributed by atoms with Crippen LogP contribution in [0.2, 0.25) is 0 Å². The molecule has 0 atom stereocenters. The molecule has 1 N–H and O–H groups in total. The molecule has 96 valence electrons.